The lowest BCUT2D eigenvalue weighted by Gasteiger charge is -2.11. The predicted molar refractivity (Wildman–Crippen MR) is 75.4 cm³/mol. The van der Waals surface area contributed by atoms with E-state index in [9.17, 15) is 5.11 Å². The molecule has 18 heavy (non-hydrogen) atoms. The number of nitrogens with zero attached hydrogens (tertiary/aromatic N) is 2. The van der Waals surface area contributed by atoms with Crippen LogP contribution in [-0.4, -0.2) is 14.9 Å². The average molecular weight is 285 g/mol. The van der Waals surface area contributed by atoms with Gasteiger partial charge >= 0.3 is 0 Å². The summed E-state index contributed by atoms with van der Waals surface area (Å²) in [5.41, 5.74) is 2.47. The minimum atomic E-state index is -0.700. The number of halogens is 1. The van der Waals surface area contributed by atoms with E-state index >= 15 is 0 Å². The summed E-state index contributed by atoms with van der Waals surface area (Å²) in [6.45, 7) is 6.12. The van der Waals surface area contributed by atoms with Crippen LogP contribution in [0.2, 0.25) is 5.15 Å². The molecule has 0 aromatic carbocycles. The highest BCUT2D eigenvalue weighted by Gasteiger charge is 2.25. The maximum absolute atomic E-state index is 10.5. The van der Waals surface area contributed by atoms with Crippen molar-refractivity contribution in [3.05, 3.63) is 38.3 Å². The molecule has 0 saturated heterocycles. The Kier molecular flexibility index (Phi) is 3.80. The highest BCUT2D eigenvalue weighted by molar-refractivity contribution is 7.10. The van der Waals surface area contributed by atoms with E-state index in [0.29, 0.717) is 5.15 Å². The molecular weight excluding hydrogens is 268 g/mol. The zero-order valence-electron chi connectivity index (χ0n) is 10.9. The number of aromatic nitrogens is 2. The molecule has 3 nitrogen and oxygen atoms in total. The monoisotopic (exact) mass is 284 g/mol. The summed E-state index contributed by atoms with van der Waals surface area (Å²) in [4.78, 5) is 1.18. The third-order valence-electron chi connectivity index (χ3n) is 2.93. The van der Waals surface area contributed by atoms with Gasteiger partial charge in [0.25, 0.3) is 0 Å². The van der Waals surface area contributed by atoms with Crippen LogP contribution in [0.1, 0.15) is 47.6 Å². The number of aryl methyl sites for hydroxylation is 2. The molecule has 2 aromatic heterocycles. The second-order valence-corrected chi connectivity index (χ2v) is 6.23. The normalized spacial score (nSPS) is 13.3. The molecule has 98 valence electrons. The summed E-state index contributed by atoms with van der Waals surface area (Å²) in [7, 11) is 1.79. The van der Waals surface area contributed by atoms with Crippen molar-refractivity contribution < 1.29 is 5.11 Å². The number of hydrogen-bond acceptors (Lipinski definition) is 3. The van der Waals surface area contributed by atoms with Crippen LogP contribution in [0.3, 0.4) is 0 Å². The Hall–Kier alpha value is -0.840. The van der Waals surface area contributed by atoms with Crippen LogP contribution in [0.5, 0.6) is 0 Å². The minimum absolute atomic E-state index is 0.230. The van der Waals surface area contributed by atoms with Gasteiger partial charge in [0.1, 0.15) is 11.3 Å². The van der Waals surface area contributed by atoms with Crippen LogP contribution in [0.4, 0.5) is 0 Å². The molecule has 0 saturated carbocycles. The number of aliphatic hydroxyl groups is 1. The van der Waals surface area contributed by atoms with Gasteiger partial charge in [0.2, 0.25) is 0 Å². The fourth-order valence-corrected chi connectivity index (χ4v) is 2.95. The number of hydrogen-bond donors (Lipinski definition) is 1. The molecule has 0 radical (unpaired) electrons. The van der Waals surface area contributed by atoms with Crippen molar-refractivity contribution in [1.29, 1.82) is 0 Å². The Morgan fingerprint density at radius 3 is 2.61 bits per heavy atom. The van der Waals surface area contributed by atoms with Gasteiger partial charge in [-0.3, -0.25) is 4.68 Å². The average Bonchev–Trinajstić information content (AvgIpc) is 2.84. The second-order valence-electron chi connectivity index (χ2n) is 4.76. The van der Waals surface area contributed by atoms with E-state index in [1.807, 2.05) is 32.2 Å². The molecule has 0 fully saturated rings. The Morgan fingerprint density at radius 2 is 2.11 bits per heavy atom. The van der Waals surface area contributed by atoms with Crippen molar-refractivity contribution in [3.8, 4) is 0 Å². The lowest BCUT2D eigenvalue weighted by atomic mass is 9.99. The number of aliphatic hydroxyl groups excluding tert-OH is 1. The summed E-state index contributed by atoms with van der Waals surface area (Å²) in [5.74, 6) is 0.230. The molecule has 1 N–H and O–H groups in total. The molecule has 1 atom stereocenters. The molecule has 0 aliphatic rings. The van der Waals surface area contributed by atoms with Crippen molar-refractivity contribution in [2.45, 2.75) is 32.8 Å². The summed E-state index contributed by atoms with van der Waals surface area (Å²) < 4.78 is 1.62. The van der Waals surface area contributed by atoms with Gasteiger partial charge in [-0.05, 0) is 29.9 Å². The predicted octanol–water partition coefficient (Wildman–Crippen LogP) is 3.65. The Bertz CT molecular complexity index is 559. The standard InChI is InChI=1S/C13H17ClN2OS/c1-7(2)11-10(13(14)16(4)15-11)12(17)9-5-8(3)18-6-9/h5-7,12,17H,1-4H3. The van der Waals surface area contributed by atoms with Crippen LogP contribution >= 0.6 is 22.9 Å². The maximum Gasteiger partial charge on any atom is 0.133 e. The van der Waals surface area contributed by atoms with Crippen molar-refractivity contribution in [2.24, 2.45) is 7.05 Å². The molecule has 0 aliphatic carbocycles. The smallest absolute Gasteiger partial charge is 0.133 e. The van der Waals surface area contributed by atoms with Crippen LogP contribution in [0, 0.1) is 6.92 Å². The van der Waals surface area contributed by atoms with Gasteiger partial charge in [-0.2, -0.15) is 5.10 Å². The minimum Gasteiger partial charge on any atom is -0.383 e. The zero-order chi connectivity index (χ0) is 13.4. The molecule has 1 unspecified atom stereocenters. The number of rotatable bonds is 3. The van der Waals surface area contributed by atoms with Gasteiger partial charge in [0, 0.05) is 17.5 Å². The maximum atomic E-state index is 10.5. The second kappa shape index (κ2) is 5.03. The fraction of sp³-hybridized carbons (Fsp3) is 0.462. The van der Waals surface area contributed by atoms with Crippen LogP contribution < -0.4 is 0 Å². The molecular formula is C13H17ClN2OS. The Labute approximate surface area is 116 Å². The summed E-state index contributed by atoms with van der Waals surface area (Å²) in [6, 6.07) is 1.99. The third kappa shape index (κ3) is 2.32. The first-order chi connectivity index (χ1) is 8.41. The first-order valence-corrected chi connectivity index (χ1v) is 7.13. The van der Waals surface area contributed by atoms with Crippen molar-refractivity contribution in [3.63, 3.8) is 0 Å². The molecule has 0 aliphatic heterocycles. The van der Waals surface area contributed by atoms with Gasteiger partial charge in [0.05, 0.1) is 5.69 Å². The Morgan fingerprint density at radius 1 is 1.44 bits per heavy atom. The highest BCUT2D eigenvalue weighted by Crippen LogP contribution is 2.35. The lowest BCUT2D eigenvalue weighted by Crippen LogP contribution is -2.03. The first-order valence-electron chi connectivity index (χ1n) is 5.87. The molecule has 2 heterocycles. The topological polar surface area (TPSA) is 38.1 Å². The summed E-state index contributed by atoms with van der Waals surface area (Å²) >= 11 is 7.88. The first kappa shape index (κ1) is 13.6. The van der Waals surface area contributed by atoms with Gasteiger partial charge in [0.15, 0.2) is 0 Å². The molecule has 5 heteroatoms. The van der Waals surface area contributed by atoms with Crippen molar-refractivity contribution in [1.82, 2.24) is 9.78 Å². The van der Waals surface area contributed by atoms with E-state index in [0.717, 1.165) is 16.8 Å². The van der Waals surface area contributed by atoms with E-state index in [-0.39, 0.29) is 5.92 Å². The van der Waals surface area contributed by atoms with E-state index in [1.165, 1.54) is 4.88 Å². The van der Waals surface area contributed by atoms with Crippen molar-refractivity contribution >= 4 is 22.9 Å². The van der Waals surface area contributed by atoms with E-state index in [2.05, 4.69) is 5.10 Å². The number of thiophene rings is 1. The Balaban J connectivity index is 2.50. The fourth-order valence-electron chi connectivity index (χ4n) is 1.99. The molecule has 2 aromatic rings. The third-order valence-corrected chi connectivity index (χ3v) is 4.25. The quantitative estimate of drug-likeness (QED) is 0.934. The van der Waals surface area contributed by atoms with Crippen LogP contribution in [0.25, 0.3) is 0 Å². The molecule has 2 rings (SSSR count). The van der Waals surface area contributed by atoms with Crippen LogP contribution in [0.15, 0.2) is 11.4 Å². The largest absolute Gasteiger partial charge is 0.383 e. The van der Waals surface area contributed by atoms with Crippen molar-refractivity contribution in [2.75, 3.05) is 0 Å². The summed E-state index contributed by atoms with van der Waals surface area (Å²) in [6.07, 6.45) is -0.700. The van der Waals surface area contributed by atoms with Crippen LogP contribution in [-0.2, 0) is 7.05 Å². The van der Waals surface area contributed by atoms with Gasteiger partial charge in [-0.1, -0.05) is 25.4 Å². The molecule has 0 amide bonds. The van der Waals surface area contributed by atoms with Gasteiger partial charge in [-0.25, -0.2) is 0 Å². The highest BCUT2D eigenvalue weighted by atomic mass is 35.5. The van der Waals surface area contributed by atoms with Gasteiger partial charge in [-0.15, -0.1) is 11.3 Å². The van der Waals surface area contributed by atoms with E-state index < -0.39 is 6.10 Å². The lowest BCUT2D eigenvalue weighted by molar-refractivity contribution is 0.219. The van der Waals surface area contributed by atoms with E-state index in [4.69, 9.17) is 11.6 Å². The SMILES string of the molecule is Cc1cc(C(O)c2c(C(C)C)nn(C)c2Cl)cs1. The molecule has 0 bridgehead atoms. The zero-order valence-corrected chi connectivity index (χ0v) is 12.5. The molecule has 0 spiro atoms. The van der Waals surface area contributed by atoms with Gasteiger partial charge < -0.3 is 5.11 Å². The van der Waals surface area contributed by atoms with E-state index in [1.54, 1.807) is 23.1 Å². The summed E-state index contributed by atoms with van der Waals surface area (Å²) in [5, 5.41) is 17.4.